The van der Waals surface area contributed by atoms with Crippen LogP contribution in [-0.2, 0) is 0 Å². The molecule has 1 aliphatic rings. The molecule has 0 aliphatic heterocycles. The molecule has 1 fully saturated rings. The molecule has 1 aromatic heterocycles. The highest BCUT2D eigenvalue weighted by atomic mass is 16.6. The maximum absolute atomic E-state index is 11.2. The van der Waals surface area contributed by atoms with E-state index in [-0.39, 0.29) is 11.5 Å². The smallest absolute Gasteiger partial charge is 0.353 e. The van der Waals surface area contributed by atoms with E-state index in [1.807, 2.05) is 6.92 Å². The van der Waals surface area contributed by atoms with Gasteiger partial charge in [0.25, 0.3) is 0 Å². The Bertz CT molecular complexity index is 480. The summed E-state index contributed by atoms with van der Waals surface area (Å²) in [7, 11) is 0. The topological polar surface area (TPSA) is 93.0 Å². The maximum Gasteiger partial charge on any atom is 0.353 e. The van der Waals surface area contributed by atoms with Crippen LogP contribution in [0.1, 0.15) is 33.1 Å². The molecular weight excluding hydrogens is 258 g/mol. The second kappa shape index (κ2) is 6.49. The van der Waals surface area contributed by atoms with Crippen LogP contribution in [0, 0.1) is 22.0 Å². The Hall–Kier alpha value is -1.92. The molecule has 1 aromatic rings. The van der Waals surface area contributed by atoms with Crippen molar-refractivity contribution in [1.29, 1.82) is 0 Å². The first-order chi connectivity index (χ1) is 9.61. The molecule has 1 aliphatic carbocycles. The summed E-state index contributed by atoms with van der Waals surface area (Å²) >= 11 is 0. The van der Waals surface area contributed by atoms with Gasteiger partial charge in [0, 0.05) is 13.1 Å². The van der Waals surface area contributed by atoms with Gasteiger partial charge in [-0.3, -0.25) is 10.1 Å². The Morgan fingerprint density at radius 2 is 2.05 bits per heavy atom. The van der Waals surface area contributed by atoms with Crippen LogP contribution < -0.4 is 10.6 Å². The van der Waals surface area contributed by atoms with E-state index < -0.39 is 4.92 Å². The third kappa shape index (κ3) is 3.34. The fourth-order valence-electron chi connectivity index (χ4n) is 2.73. The van der Waals surface area contributed by atoms with Gasteiger partial charge in [-0.1, -0.05) is 13.3 Å². The van der Waals surface area contributed by atoms with Gasteiger partial charge < -0.3 is 10.6 Å². The molecule has 0 spiro atoms. The van der Waals surface area contributed by atoms with E-state index in [0.717, 1.165) is 12.5 Å². The Morgan fingerprint density at radius 1 is 1.35 bits per heavy atom. The molecule has 0 saturated heterocycles. The molecule has 0 bridgehead atoms. The minimum Gasteiger partial charge on any atom is -0.364 e. The lowest BCUT2D eigenvalue weighted by molar-refractivity contribution is -0.383. The van der Waals surface area contributed by atoms with Gasteiger partial charge in [-0.05, 0) is 31.6 Å². The molecule has 0 amide bonds. The van der Waals surface area contributed by atoms with Gasteiger partial charge in [-0.15, -0.1) is 0 Å². The number of anilines is 2. The normalized spacial score (nSPS) is 21.7. The Labute approximate surface area is 118 Å². The van der Waals surface area contributed by atoms with E-state index in [2.05, 4.69) is 27.5 Å². The first-order valence-corrected chi connectivity index (χ1v) is 7.09. The summed E-state index contributed by atoms with van der Waals surface area (Å²) < 4.78 is 0. The summed E-state index contributed by atoms with van der Waals surface area (Å²) in [5.41, 5.74) is -0.0691. The van der Waals surface area contributed by atoms with Crippen LogP contribution in [0.4, 0.5) is 17.3 Å². The van der Waals surface area contributed by atoms with E-state index in [1.165, 1.54) is 25.6 Å². The van der Waals surface area contributed by atoms with E-state index in [9.17, 15) is 10.1 Å². The van der Waals surface area contributed by atoms with Crippen molar-refractivity contribution in [3.05, 3.63) is 16.4 Å². The van der Waals surface area contributed by atoms with Crippen LogP contribution in [0.2, 0.25) is 0 Å². The fourth-order valence-corrected chi connectivity index (χ4v) is 2.73. The van der Waals surface area contributed by atoms with Gasteiger partial charge >= 0.3 is 5.69 Å². The van der Waals surface area contributed by atoms with E-state index >= 15 is 0 Å². The van der Waals surface area contributed by atoms with Gasteiger partial charge in [0.2, 0.25) is 11.6 Å². The van der Waals surface area contributed by atoms with Gasteiger partial charge in [0.05, 0.1) is 4.92 Å². The lowest BCUT2D eigenvalue weighted by Gasteiger charge is -2.12. The molecule has 2 atom stereocenters. The predicted molar refractivity (Wildman–Crippen MR) is 77.8 cm³/mol. The zero-order chi connectivity index (χ0) is 14.5. The minimum atomic E-state index is -0.433. The Kier molecular flexibility index (Phi) is 4.70. The van der Waals surface area contributed by atoms with Crippen molar-refractivity contribution in [2.75, 3.05) is 23.7 Å². The van der Waals surface area contributed by atoms with Crippen molar-refractivity contribution < 1.29 is 4.92 Å². The quantitative estimate of drug-likeness (QED) is 0.614. The van der Waals surface area contributed by atoms with Crippen LogP contribution in [0.5, 0.6) is 0 Å². The van der Waals surface area contributed by atoms with E-state index in [1.54, 1.807) is 0 Å². The highest BCUT2D eigenvalue weighted by molar-refractivity contribution is 5.69. The predicted octanol–water partition coefficient (Wildman–Crippen LogP) is 2.66. The third-order valence-electron chi connectivity index (χ3n) is 3.71. The summed E-state index contributed by atoms with van der Waals surface area (Å²) in [5, 5.41) is 17.2. The molecule has 20 heavy (non-hydrogen) atoms. The molecule has 1 saturated carbocycles. The number of rotatable bonds is 6. The molecule has 7 nitrogen and oxygen atoms in total. The lowest BCUT2D eigenvalue weighted by atomic mass is 10.1. The SMILES string of the molecule is CCNc1ncnc(NCC2CCC(C)C2)c1[N+](=O)[O-]. The van der Waals surface area contributed by atoms with Crippen molar-refractivity contribution in [2.24, 2.45) is 11.8 Å². The van der Waals surface area contributed by atoms with Gasteiger partial charge in [-0.2, -0.15) is 0 Å². The first kappa shape index (κ1) is 14.5. The number of nitrogens with zero attached hydrogens (tertiary/aromatic N) is 3. The van der Waals surface area contributed by atoms with E-state index in [0.29, 0.717) is 18.3 Å². The first-order valence-electron chi connectivity index (χ1n) is 7.09. The molecular formula is C13H21N5O2. The molecule has 2 unspecified atom stereocenters. The van der Waals surface area contributed by atoms with Crippen LogP contribution in [0.3, 0.4) is 0 Å². The zero-order valence-corrected chi connectivity index (χ0v) is 11.9. The zero-order valence-electron chi connectivity index (χ0n) is 11.9. The summed E-state index contributed by atoms with van der Waals surface area (Å²) in [6.07, 6.45) is 4.94. The monoisotopic (exact) mass is 279 g/mol. The second-order valence-electron chi connectivity index (χ2n) is 5.37. The van der Waals surface area contributed by atoms with Crippen LogP contribution in [0.25, 0.3) is 0 Å². The highest BCUT2D eigenvalue weighted by Gasteiger charge is 2.25. The van der Waals surface area contributed by atoms with Crippen LogP contribution >= 0.6 is 0 Å². The minimum absolute atomic E-state index is 0.0691. The molecule has 0 aromatic carbocycles. The summed E-state index contributed by atoms with van der Waals surface area (Å²) in [6, 6.07) is 0. The lowest BCUT2D eigenvalue weighted by Crippen LogP contribution is -2.15. The Morgan fingerprint density at radius 3 is 2.60 bits per heavy atom. The third-order valence-corrected chi connectivity index (χ3v) is 3.71. The highest BCUT2D eigenvalue weighted by Crippen LogP contribution is 2.32. The van der Waals surface area contributed by atoms with Crippen molar-refractivity contribution >= 4 is 17.3 Å². The van der Waals surface area contributed by atoms with Crippen molar-refractivity contribution in [2.45, 2.75) is 33.1 Å². The second-order valence-corrected chi connectivity index (χ2v) is 5.37. The molecule has 110 valence electrons. The van der Waals surface area contributed by atoms with Crippen molar-refractivity contribution in [3.8, 4) is 0 Å². The number of nitro groups is 1. The van der Waals surface area contributed by atoms with E-state index in [4.69, 9.17) is 0 Å². The number of hydrogen-bond acceptors (Lipinski definition) is 6. The average molecular weight is 279 g/mol. The Balaban J connectivity index is 2.10. The summed E-state index contributed by atoms with van der Waals surface area (Å²) in [4.78, 5) is 18.7. The van der Waals surface area contributed by atoms with Crippen LogP contribution in [0.15, 0.2) is 6.33 Å². The molecule has 1 heterocycles. The van der Waals surface area contributed by atoms with Gasteiger partial charge in [0.1, 0.15) is 6.33 Å². The number of nitrogens with one attached hydrogen (secondary N) is 2. The largest absolute Gasteiger partial charge is 0.364 e. The average Bonchev–Trinajstić information content (AvgIpc) is 2.82. The van der Waals surface area contributed by atoms with Gasteiger partial charge in [0.15, 0.2) is 0 Å². The number of hydrogen-bond donors (Lipinski definition) is 2. The fraction of sp³-hybridized carbons (Fsp3) is 0.692. The summed E-state index contributed by atoms with van der Waals surface area (Å²) in [6.45, 7) is 5.43. The van der Waals surface area contributed by atoms with Crippen LogP contribution in [-0.4, -0.2) is 28.0 Å². The number of aromatic nitrogens is 2. The molecule has 2 N–H and O–H groups in total. The van der Waals surface area contributed by atoms with Crippen molar-refractivity contribution in [1.82, 2.24) is 9.97 Å². The van der Waals surface area contributed by atoms with Crippen molar-refractivity contribution in [3.63, 3.8) is 0 Å². The summed E-state index contributed by atoms with van der Waals surface area (Å²) in [5.74, 6) is 1.90. The van der Waals surface area contributed by atoms with Gasteiger partial charge in [-0.25, -0.2) is 9.97 Å². The molecule has 2 rings (SSSR count). The molecule has 0 radical (unpaired) electrons. The molecule has 7 heteroatoms. The maximum atomic E-state index is 11.2. The standard InChI is InChI=1S/C13H21N5O2/c1-3-14-12-11(18(19)20)13(17-8-16-12)15-7-10-5-4-9(2)6-10/h8-10H,3-7H2,1-2H3,(H2,14,15,16,17).